The van der Waals surface area contributed by atoms with Crippen molar-refractivity contribution < 1.29 is 14.3 Å². The van der Waals surface area contributed by atoms with Gasteiger partial charge in [-0.25, -0.2) is 0 Å². The first kappa shape index (κ1) is 17.9. The van der Waals surface area contributed by atoms with Gasteiger partial charge in [-0.15, -0.1) is 0 Å². The van der Waals surface area contributed by atoms with E-state index in [4.69, 9.17) is 4.74 Å². The van der Waals surface area contributed by atoms with Gasteiger partial charge in [0, 0.05) is 11.3 Å². The zero-order chi connectivity index (χ0) is 19.0. The number of hydrogen-bond acceptors (Lipinski definition) is 4. The van der Waals surface area contributed by atoms with Crippen molar-refractivity contribution in [3.05, 3.63) is 54.1 Å². The maximum Gasteiger partial charge on any atom is 0.257 e. The minimum atomic E-state index is -0.874. The monoisotopic (exact) mass is 382 g/mol. The average molecular weight is 382 g/mol. The number of carbonyl (C=O) groups excluding carboxylic acids is 2. The van der Waals surface area contributed by atoms with Gasteiger partial charge in [0.05, 0.1) is 18.8 Å². The van der Waals surface area contributed by atoms with Gasteiger partial charge in [0.2, 0.25) is 5.91 Å². The van der Waals surface area contributed by atoms with E-state index in [1.165, 1.54) is 11.8 Å². The fourth-order valence-electron chi connectivity index (χ4n) is 3.83. The average Bonchev–Trinajstić information content (AvgIpc) is 3.22. The molecule has 4 rings (SSSR count). The topological polar surface area (TPSA) is 58.6 Å². The number of amides is 2. The van der Waals surface area contributed by atoms with Crippen LogP contribution in [0.2, 0.25) is 0 Å². The molecule has 2 atom stereocenters. The van der Waals surface area contributed by atoms with Crippen molar-refractivity contribution >= 4 is 29.3 Å². The summed E-state index contributed by atoms with van der Waals surface area (Å²) in [5, 5.41) is 3.19. The van der Waals surface area contributed by atoms with Gasteiger partial charge in [-0.3, -0.25) is 14.5 Å². The Bertz CT molecular complexity index is 883. The predicted octanol–water partition coefficient (Wildman–Crippen LogP) is 3.89. The van der Waals surface area contributed by atoms with Crippen LogP contribution in [-0.2, 0) is 9.59 Å². The Labute approximate surface area is 163 Å². The van der Waals surface area contributed by atoms with Gasteiger partial charge in [0.15, 0.2) is 4.87 Å². The van der Waals surface area contributed by atoms with Crippen LogP contribution in [-0.4, -0.2) is 23.8 Å². The number of nitrogens with zero attached hydrogens (tertiary/aromatic N) is 1. The lowest BCUT2D eigenvalue weighted by Gasteiger charge is -2.31. The Kier molecular flexibility index (Phi) is 4.60. The van der Waals surface area contributed by atoms with Gasteiger partial charge in [-0.1, -0.05) is 43.0 Å². The van der Waals surface area contributed by atoms with Gasteiger partial charge >= 0.3 is 0 Å². The lowest BCUT2D eigenvalue weighted by molar-refractivity contribution is -0.125. The lowest BCUT2D eigenvalue weighted by atomic mass is 10.0. The number of benzene rings is 2. The molecule has 0 aliphatic carbocycles. The largest absolute Gasteiger partial charge is 0.497 e. The van der Waals surface area contributed by atoms with Gasteiger partial charge < -0.3 is 10.1 Å². The highest BCUT2D eigenvalue weighted by atomic mass is 32.2. The molecule has 2 aliphatic rings. The summed E-state index contributed by atoms with van der Waals surface area (Å²) >= 11 is 1.49. The van der Waals surface area contributed by atoms with E-state index < -0.39 is 4.87 Å². The second-order valence-electron chi connectivity index (χ2n) is 6.79. The number of anilines is 1. The van der Waals surface area contributed by atoms with Crippen molar-refractivity contribution in [1.82, 2.24) is 5.32 Å². The lowest BCUT2D eigenvalue weighted by Crippen LogP contribution is -2.53. The molecule has 5 nitrogen and oxygen atoms in total. The Morgan fingerprint density at radius 1 is 1.26 bits per heavy atom. The Hall–Kier alpha value is -2.47. The maximum absolute atomic E-state index is 13.4. The molecule has 0 bridgehead atoms. The minimum absolute atomic E-state index is 0.0140. The van der Waals surface area contributed by atoms with E-state index in [9.17, 15) is 9.59 Å². The summed E-state index contributed by atoms with van der Waals surface area (Å²) in [5.74, 6) is 0.699. The van der Waals surface area contributed by atoms with Crippen LogP contribution >= 0.6 is 11.8 Å². The van der Waals surface area contributed by atoms with Crippen molar-refractivity contribution in [2.24, 2.45) is 0 Å². The van der Waals surface area contributed by atoms with Crippen LogP contribution in [0.25, 0.3) is 0 Å². The van der Waals surface area contributed by atoms with E-state index in [0.717, 1.165) is 28.3 Å². The summed E-state index contributed by atoms with van der Waals surface area (Å²) in [5.41, 5.74) is 1.87. The molecule has 0 spiro atoms. The number of carbonyl (C=O) groups is 2. The van der Waals surface area contributed by atoms with Crippen molar-refractivity contribution in [1.29, 1.82) is 0 Å². The van der Waals surface area contributed by atoms with Crippen LogP contribution < -0.4 is 15.0 Å². The molecule has 2 unspecified atom stereocenters. The first-order valence-corrected chi connectivity index (χ1v) is 9.96. The molecule has 6 heteroatoms. The van der Waals surface area contributed by atoms with Gasteiger partial charge in [0.25, 0.3) is 5.91 Å². The smallest absolute Gasteiger partial charge is 0.257 e. The Morgan fingerprint density at radius 3 is 2.70 bits per heavy atom. The molecule has 1 saturated heterocycles. The molecule has 27 heavy (non-hydrogen) atoms. The van der Waals surface area contributed by atoms with E-state index in [1.807, 2.05) is 55.5 Å². The highest BCUT2D eigenvalue weighted by Crippen LogP contribution is 2.55. The van der Waals surface area contributed by atoms with Crippen LogP contribution in [0, 0.1) is 0 Å². The molecule has 2 aliphatic heterocycles. The maximum atomic E-state index is 13.4. The Morgan fingerprint density at radius 2 is 2.00 bits per heavy atom. The van der Waals surface area contributed by atoms with Crippen LogP contribution in [0.5, 0.6) is 5.75 Å². The highest BCUT2D eigenvalue weighted by Gasteiger charge is 2.57. The SMILES string of the molecule is CCC(NC(=O)C12CCC(=O)N1c1ccccc1S2)c1ccc(OC)cc1. The third kappa shape index (κ3) is 2.88. The van der Waals surface area contributed by atoms with E-state index >= 15 is 0 Å². The standard InChI is InChI=1S/C21H22N2O3S/c1-3-16(14-8-10-15(26-2)11-9-14)22-20(25)21-13-12-19(24)23(21)17-6-4-5-7-18(17)27-21/h4-11,16H,3,12-13H2,1-2H3,(H,22,25). The van der Waals surface area contributed by atoms with Crippen molar-refractivity contribution in [3.63, 3.8) is 0 Å². The predicted molar refractivity (Wildman–Crippen MR) is 106 cm³/mol. The summed E-state index contributed by atoms with van der Waals surface area (Å²) in [6.45, 7) is 2.04. The molecule has 0 aromatic heterocycles. The second kappa shape index (κ2) is 6.93. The number of fused-ring (bicyclic) bond motifs is 3. The molecular formula is C21H22N2O3S. The van der Waals surface area contributed by atoms with Crippen LogP contribution in [0.4, 0.5) is 5.69 Å². The number of methoxy groups -OCH3 is 1. The van der Waals surface area contributed by atoms with Gasteiger partial charge in [-0.2, -0.15) is 0 Å². The van der Waals surface area contributed by atoms with Crippen molar-refractivity contribution in [2.75, 3.05) is 12.0 Å². The molecule has 0 saturated carbocycles. The van der Waals surface area contributed by atoms with Gasteiger partial charge in [0.1, 0.15) is 5.75 Å². The van der Waals surface area contributed by atoms with Crippen molar-refractivity contribution in [3.8, 4) is 5.75 Å². The van der Waals surface area contributed by atoms with Crippen LogP contribution in [0.3, 0.4) is 0 Å². The second-order valence-corrected chi connectivity index (χ2v) is 8.11. The molecule has 2 aromatic rings. The molecule has 140 valence electrons. The zero-order valence-corrected chi connectivity index (χ0v) is 16.2. The quantitative estimate of drug-likeness (QED) is 0.852. The number of para-hydroxylation sites is 1. The zero-order valence-electron chi connectivity index (χ0n) is 15.4. The normalized spacial score (nSPS) is 21.6. The fourth-order valence-corrected chi connectivity index (χ4v) is 5.25. The van der Waals surface area contributed by atoms with Crippen molar-refractivity contribution in [2.45, 2.75) is 42.0 Å². The van der Waals surface area contributed by atoms with Gasteiger partial charge in [-0.05, 0) is 42.7 Å². The molecule has 1 fully saturated rings. The molecule has 2 heterocycles. The number of ether oxygens (including phenoxy) is 1. The Balaban J connectivity index is 1.60. The third-order valence-corrected chi connectivity index (χ3v) is 6.73. The molecule has 2 amide bonds. The highest BCUT2D eigenvalue weighted by molar-refractivity contribution is 8.02. The van der Waals surface area contributed by atoms with Crippen LogP contribution in [0.1, 0.15) is 37.8 Å². The number of nitrogens with one attached hydrogen (secondary N) is 1. The number of thioether (sulfide) groups is 1. The minimum Gasteiger partial charge on any atom is -0.497 e. The summed E-state index contributed by atoms with van der Waals surface area (Å²) in [7, 11) is 1.63. The summed E-state index contributed by atoms with van der Waals surface area (Å²) in [4.78, 5) is 27.7. The van der Waals surface area contributed by atoms with E-state index in [0.29, 0.717) is 12.8 Å². The van der Waals surface area contributed by atoms with E-state index in [-0.39, 0.29) is 17.9 Å². The van der Waals surface area contributed by atoms with E-state index in [2.05, 4.69) is 5.32 Å². The fraction of sp³-hybridized carbons (Fsp3) is 0.333. The van der Waals surface area contributed by atoms with E-state index in [1.54, 1.807) is 12.0 Å². The number of rotatable bonds is 5. The third-order valence-electron chi connectivity index (χ3n) is 5.26. The summed E-state index contributed by atoms with van der Waals surface area (Å²) in [6, 6.07) is 15.4. The first-order valence-electron chi connectivity index (χ1n) is 9.15. The molecular weight excluding hydrogens is 360 g/mol. The summed E-state index contributed by atoms with van der Waals surface area (Å²) in [6.07, 6.45) is 1.68. The molecule has 2 aromatic carbocycles. The number of hydrogen-bond donors (Lipinski definition) is 1. The summed E-state index contributed by atoms with van der Waals surface area (Å²) < 4.78 is 5.21. The first-order chi connectivity index (χ1) is 13.1. The molecule has 1 N–H and O–H groups in total. The van der Waals surface area contributed by atoms with Crippen LogP contribution in [0.15, 0.2) is 53.4 Å². The molecule has 0 radical (unpaired) electrons.